The number of anilines is 3. The van der Waals surface area contributed by atoms with E-state index in [0.717, 1.165) is 6.26 Å². The first-order chi connectivity index (χ1) is 29.7. The maximum absolute atomic E-state index is 17.3. The van der Waals surface area contributed by atoms with Crippen molar-refractivity contribution in [1.82, 2.24) is 24.9 Å². The number of aromatic nitrogens is 5. The molecular weight excluding hydrogens is 868 g/mol. The summed E-state index contributed by atoms with van der Waals surface area (Å²) in [5.74, 6) is -3.20. The van der Waals surface area contributed by atoms with Crippen LogP contribution in [0.4, 0.5) is 41.0 Å². The van der Waals surface area contributed by atoms with Gasteiger partial charge in [0, 0.05) is 23.4 Å². The number of hydrogen-bond acceptors (Lipinski definition) is 17. The van der Waals surface area contributed by atoms with Crippen molar-refractivity contribution in [2.75, 3.05) is 21.4 Å². The Morgan fingerprint density at radius 1 is 0.708 bits per heavy atom. The lowest BCUT2D eigenvalue weighted by Crippen LogP contribution is -2.44. The first-order valence-electron chi connectivity index (χ1n) is 20.2. The van der Waals surface area contributed by atoms with Gasteiger partial charge in [-0.2, -0.15) is 9.80 Å². The molecule has 0 saturated heterocycles. The zero-order chi connectivity index (χ0) is 48.8. The summed E-state index contributed by atoms with van der Waals surface area (Å²) in [6.45, 7) is 20.7. The number of benzene rings is 1. The Bertz CT molecular complexity index is 2760. The van der Waals surface area contributed by atoms with Gasteiger partial charge in [-0.25, -0.2) is 56.9 Å². The van der Waals surface area contributed by atoms with E-state index < -0.39 is 102 Å². The van der Waals surface area contributed by atoms with Crippen molar-refractivity contribution in [3.05, 3.63) is 60.0 Å². The van der Waals surface area contributed by atoms with Crippen molar-refractivity contribution in [2.45, 2.75) is 124 Å². The summed E-state index contributed by atoms with van der Waals surface area (Å²) in [5.41, 5.74) is -5.79. The van der Waals surface area contributed by atoms with E-state index in [4.69, 9.17) is 18.9 Å². The van der Waals surface area contributed by atoms with Crippen molar-refractivity contribution in [2.24, 2.45) is 0 Å². The van der Waals surface area contributed by atoms with E-state index in [1.165, 1.54) is 31.3 Å². The number of halogens is 1. The monoisotopic (exact) mass is 920 g/mol. The number of amides is 4. The molecule has 19 nitrogen and oxygen atoms in total. The highest BCUT2D eigenvalue weighted by atomic mass is 32.2. The van der Waals surface area contributed by atoms with Crippen LogP contribution in [-0.4, -0.2) is 91.5 Å². The molecule has 4 heterocycles. The van der Waals surface area contributed by atoms with Crippen LogP contribution >= 0.6 is 0 Å². The van der Waals surface area contributed by atoms with E-state index in [0.29, 0.717) is 15.2 Å². The fraction of sp³-hybridized carbons (Fsp3) is 0.432. The Morgan fingerprint density at radius 2 is 1.22 bits per heavy atom. The second-order valence-corrected chi connectivity index (χ2v) is 20.8. The highest BCUT2D eigenvalue weighted by Gasteiger charge is 2.38. The van der Waals surface area contributed by atoms with Gasteiger partial charge in [0.25, 0.3) is 0 Å². The molecule has 0 spiro atoms. The fourth-order valence-corrected chi connectivity index (χ4v) is 6.51. The third-order valence-electron chi connectivity index (χ3n) is 8.41. The van der Waals surface area contributed by atoms with Crippen LogP contribution in [0, 0.1) is 5.82 Å². The molecule has 0 radical (unpaired) electrons. The number of pyridine rings is 3. The van der Waals surface area contributed by atoms with Gasteiger partial charge in [0.05, 0.1) is 6.04 Å². The summed E-state index contributed by atoms with van der Waals surface area (Å²) < 4.78 is 65.7. The lowest BCUT2D eigenvalue weighted by atomic mass is 10.1. The molecule has 5 rings (SSSR count). The number of nitrogens with one attached hydrogen (secondary N) is 1. The van der Waals surface area contributed by atoms with Gasteiger partial charge in [-0.1, -0.05) is 30.3 Å². The molecule has 0 fully saturated rings. The Labute approximate surface area is 375 Å². The summed E-state index contributed by atoms with van der Waals surface area (Å²) in [7, 11) is -4.30. The molecule has 0 saturated carbocycles. The van der Waals surface area contributed by atoms with Crippen molar-refractivity contribution < 1.29 is 56.0 Å². The molecule has 0 unspecified atom stereocenters. The van der Waals surface area contributed by atoms with Crippen molar-refractivity contribution in [1.29, 1.82) is 0 Å². The molecule has 348 valence electrons. The van der Waals surface area contributed by atoms with Crippen LogP contribution in [0.25, 0.3) is 33.1 Å². The lowest BCUT2D eigenvalue weighted by Gasteiger charge is -2.29. The quantitative estimate of drug-likeness (QED) is 0.114. The van der Waals surface area contributed by atoms with E-state index >= 15 is 4.39 Å². The number of aromatic hydroxyl groups is 1. The molecule has 4 amide bonds. The Balaban J connectivity index is 1.74. The van der Waals surface area contributed by atoms with Gasteiger partial charge in [-0.05, 0) is 108 Å². The van der Waals surface area contributed by atoms with Crippen LogP contribution < -0.4 is 15.1 Å². The molecule has 1 atom stereocenters. The Kier molecular flexibility index (Phi) is 13.4. The van der Waals surface area contributed by atoms with Crippen LogP contribution in [-0.2, 0) is 28.8 Å². The molecule has 0 aliphatic heterocycles. The van der Waals surface area contributed by atoms with Gasteiger partial charge in [0.1, 0.15) is 56.3 Å². The van der Waals surface area contributed by atoms with Gasteiger partial charge in [-0.3, -0.25) is 0 Å². The number of fused-ring (bicyclic) bond motifs is 2. The minimum Gasteiger partial charge on any atom is -0.493 e. The maximum Gasteiger partial charge on any atom is 0.425 e. The number of carbonyl (C=O) groups excluding carboxylic acids is 4. The Hall–Kier alpha value is -6.77. The standard InChI is InChI=1S/C44H53FN8O11S/c1-23(25-20-17-21-46-34(25)53(39(57)63-43(8,9)10)40(58)64-44(11,12)13)47-33-28-31(50-36(51-33)65(14,59)60)29(45)32(49-35(28)54)30-26-19-16-15-18-24(26)22-27(48-30)52(37(55)61-41(2,3)4)38(56)62-42(5,6)7/h15-23H,1-14H3,(H,49,54)(H,47,50,51)/t23-/m1/s1. The summed E-state index contributed by atoms with van der Waals surface area (Å²) in [6.07, 6.45) is -2.46. The van der Waals surface area contributed by atoms with E-state index in [9.17, 15) is 32.7 Å². The largest absolute Gasteiger partial charge is 0.493 e. The van der Waals surface area contributed by atoms with Gasteiger partial charge in [0.2, 0.25) is 20.9 Å². The highest BCUT2D eigenvalue weighted by molar-refractivity contribution is 7.90. The molecule has 1 aromatic carbocycles. The molecule has 65 heavy (non-hydrogen) atoms. The zero-order valence-corrected chi connectivity index (χ0v) is 39.5. The number of imide groups is 2. The average molecular weight is 921 g/mol. The smallest absolute Gasteiger partial charge is 0.425 e. The SMILES string of the molecule is C[C@@H](Nc1nc(S(C)(=O)=O)nc2c(F)c(-c3nc(N(C(=O)OC(C)(C)C)C(=O)OC(C)(C)C)cc4ccccc34)nc(O)c12)c1cccnc1N(C(=O)OC(C)(C)C)C(=O)OC(C)(C)C. The van der Waals surface area contributed by atoms with Crippen LogP contribution in [0.15, 0.2) is 53.8 Å². The van der Waals surface area contributed by atoms with Crippen LogP contribution in [0.3, 0.4) is 0 Å². The summed E-state index contributed by atoms with van der Waals surface area (Å²) in [5, 5.41) is 13.9. The third-order valence-corrected chi connectivity index (χ3v) is 9.26. The van der Waals surface area contributed by atoms with Gasteiger partial charge >= 0.3 is 24.4 Å². The second kappa shape index (κ2) is 17.7. The molecule has 5 aromatic rings. The molecule has 0 aliphatic rings. The Morgan fingerprint density at radius 3 is 1.72 bits per heavy atom. The minimum atomic E-state index is -4.30. The first kappa shape index (κ1) is 49.2. The summed E-state index contributed by atoms with van der Waals surface area (Å²) >= 11 is 0. The fourth-order valence-electron chi connectivity index (χ4n) is 6.00. The summed E-state index contributed by atoms with van der Waals surface area (Å²) in [6, 6.07) is 9.72. The average Bonchev–Trinajstić information content (AvgIpc) is 3.12. The van der Waals surface area contributed by atoms with Gasteiger partial charge in [0.15, 0.2) is 11.6 Å². The number of ether oxygens (including phenoxy) is 4. The molecule has 21 heteroatoms. The maximum atomic E-state index is 17.3. The van der Waals surface area contributed by atoms with Gasteiger partial charge in [-0.15, -0.1) is 0 Å². The van der Waals surface area contributed by atoms with Gasteiger partial charge < -0.3 is 29.4 Å². The normalized spacial score (nSPS) is 12.9. The molecule has 2 N–H and O–H groups in total. The number of nitrogens with zero attached hydrogens (tertiary/aromatic N) is 7. The second-order valence-electron chi connectivity index (χ2n) is 18.9. The first-order valence-corrected chi connectivity index (χ1v) is 22.1. The van der Waals surface area contributed by atoms with E-state index in [1.807, 2.05) is 0 Å². The molecular formula is C44H53FN8O11S. The van der Waals surface area contributed by atoms with Crippen LogP contribution in [0.2, 0.25) is 0 Å². The summed E-state index contributed by atoms with van der Waals surface area (Å²) in [4.78, 5) is 76.9. The molecule has 0 aliphatic carbocycles. The van der Waals surface area contributed by atoms with Crippen LogP contribution in [0.5, 0.6) is 5.88 Å². The highest BCUT2D eigenvalue weighted by Crippen LogP contribution is 2.40. The van der Waals surface area contributed by atoms with E-state index in [-0.39, 0.29) is 28.3 Å². The third kappa shape index (κ3) is 11.9. The minimum absolute atomic E-state index is 0.147. The molecule has 4 aromatic heterocycles. The number of rotatable bonds is 7. The zero-order valence-electron chi connectivity index (χ0n) is 38.6. The number of sulfone groups is 1. The van der Waals surface area contributed by atoms with Crippen LogP contribution in [0.1, 0.15) is 102 Å². The number of carbonyl (C=O) groups is 4. The predicted molar refractivity (Wildman–Crippen MR) is 239 cm³/mol. The van der Waals surface area contributed by atoms with Crippen molar-refractivity contribution in [3.8, 4) is 17.3 Å². The topological polar surface area (TPSA) is 243 Å². The number of hydrogen-bond donors (Lipinski definition) is 2. The van der Waals surface area contributed by atoms with Crippen molar-refractivity contribution >= 4 is 73.3 Å². The predicted octanol–water partition coefficient (Wildman–Crippen LogP) is 9.41. The van der Waals surface area contributed by atoms with E-state index in [2.05, 4.69) is 30.2 Å². The van der Waals surface area contributed by atoms with E-state index in [1.54, 1.807) is 107 Å². The molecule has 0 bridgehead atoms. The lowest BCUT2D eigenvalue weighted by molar-refractivity contribution is 0.0406. The van der Waals surface area contributed by atoms with Crippen molar-refractivity contribution in [3.63, 3.8) is 0 Å².